The van der Waals surface area contributed by atoms with Crippen molar-refractivity contribution < 1.29 is 14.5 Å². The molecule has 0 atom stereocenters. The van der Waals surface area contributed by atoms with Gasteiger partial charge >= 0.3 is 5.00 Å². The van der Waals surface area contributed by atoms with Gasteiger partial charge in [-0.1, -0.05) is 0 Å². The molecule has 0 bridgehead atoms. The Kier molecular flexibility index (Phi) is 4.49. The van der Waals surface area contributed by atoms with Gasteiger partial charge in [0.2, 0.25) is 0 Å². The Hall–Kier alpha value is -2.52. The maximum absolute atomic E-state index is 12.1. The minimum atomic E-state index is -0.537. The molecule has 0 saturated carbocycles. The largest absolute Gasteiger partial charge is 0.378 e. The zero-order valence-corrected chi connectivity index (χ0v) is 12.9. The fourth-order valence-corrected chi connectivity index (χ4v) is 2.85. The van der Waals surface area contributed by atoms with Gasteiger partial charge in [0.05, 0.1) is 18.1 Å². The number of carbonyl (C=O) groups excluding carboxylic acids is 1. The summed E-state index contributed by atoms with van der Waals surface area (Å²) in [4.78, 5) is 28.2. The summed E-state index contributed by atoms with van der Waals surface area (Å²) in [7, 11) is 0. The number of thiazole rings is 1. The molecule has 9 heteroatoms. The third-order valence-electron chi connectivity index (χ3n) is 3.40. The van der Waals surface area contributed by atoms with Crippen LogP contribution in [0.2, 0.25) is 0 Å². The zero-order valence-electron chi connectivity index (χ0n) is 12.1. The number of ether oxygens (including phenoxy) is 1. The molecule has 2 heterocycles. The van der Waals surface area contributed by atoms with Gasteiger partial charge in [0, 0.05) is 24.3 Å². The Morgan fingerprint density at radius 3 is 2.61 bits per heavy atom. The highest BCUT2D eigenvalue weighted by Crippen LogP contribution is 2.25. The van der Waals surface area contributed by atoms with Crippen molar-refractivity contribution in [2.75, 3.05) is 36.5 Å². The zero-order chi connectivity index (χ0) is 16.2. The van der Waals surface area contributed by atoms with E-state index in [9.17, 15) is 14.9 Å². The first kappa shape index (κ1) is 15.4. The standard InChI is InChI=1S/C14H14N4O4S/c19-13(16-14-15-9-12(23-14)18(20)21)10-1-3-11(4-2-10)17-5-7-22-8-6-17/h1-4,9H,5-8H2,(H,15,16,19). The molecule has 0 unspecified atom stereocenters. The minimum absolute atomic E-state index is 0.108. The number of nitrogens with zero attached hydrogens (tertiary/aromatic N) is 3. The second-order valence-corrected chi connectivity index (χ2v) is 5.87. The summed E-state index contributed by atoms with van der Waals surface area (Å²) in [6.45, 7) is 3.05. The number of carbonyl (C=O) groups is 1. The van der Waals surface area contributed by atoms with E-state index in [1.165, 1.54) is 0 Å². The first-order valence-corrected chi connectivity index (χ1v) is 7.79. The van der Waals surface area contributed by atoms with Gasteiger partial charge in [0.1, 0.15) is 6.20 Å². The van der Waals surface area contributed by atoms with Crippen LogP contribution in [0, 0.1) is 10.1 Å². The molecule has 2 aromatic rings. The van der Waals surface area contributed by atoms with Crippen molar-refractivity contribution in [2.24, 2.45) is 0 Å². The summed E-state index contributed by atoms with van der Waals surface area (Å²) >= 11 is 0.826. The van der Waals surface area contributed by atoms with Crippen LogP contribution in [0.5, 0.6) is 0 Å². The molecular weight excluding hydrogens is 320 g/mol. The summed E-state index contributed by atoms with van der Waals surface area (Å²) in [5, 5.41) is 13.3. The average molecular weight is 334 g/mol. The molecule has 120 valence electrons. The molecule has 3 rings (SSSR count). The predicted molar refractivity (Wildman–Crippen MR) is 86.2 cm³/mol. The van der Waals surface area contributed by atoms with Crippen LogP contribution < -0.4 is 10.2 Å². The van der Waals surface area contributed by atoms with E-state index in [2.05, 4.69) is 15.2 Å². The third kappa shape index (κ3) is 3.63. The monoisotopic (exact) mass is 334 g/mol. The van der Waals surface area contributed by atoms with E-state index in [4.69, 9.17) is 4.74 Å². The van der Waals surface area contributed by atoms with E-state index in [0.717, 1.165) is 36.3 Å². The van der Waals surface area contributed by atoms with E-state index in [-0.39, 0.29) is 16.0 Å². The predicted octanol–water partition coefficient (Wildman–Crippen LogP) is 2.14. The molecule has 1 saturated heterocycles. The van der Waals surface area contributed by atoms with Gasteiger partial charge in [-0.25, -0.2) is 4.98 Å². The van der Waals surface area contributed by atoms with Gasteiger partial charge in [0.25, 0.3) is 5.91 Å². The fraction of sp³-hybridized carbons (Fsp3) is 0.286. The molecule has 8 nitrogen and oxygen atoms in total. The second kappa shape index (κ2) is 6.71. The molecule has 0 spiro atoms. The Labute approximate surface area is 135 Å². The molecule has 1 fully saturated rings. The second-order valence-electron chi connectivity index (χ2n) is 4.86. The lowest BCUT2D eigenvalue weighted by Gasteiger charge is -2.28. The van der Waals surface area contributed by atoms with Crippen molar-refractivity contribution in [1.29, 1.82) is 0 Å². The number of hydrogen-bond donors (Lipinski definition) is 1. The smallest absolute Gasteiger partial charge is 0.345 e. The van der Waals surface area contributed by atoms with E-state index < -0.39 is 4.92 Å². The molecule has 1 N–H and O–H groups in total. The maximum atomic E-state index is 12.1. The molecular formula is C14H14N4O4S. The number of morpholine rings is 1. The van der Waals surface area contributed by atoms with Gasteiger partial charge in [-0.3, -0.25) is 20.2 Å². The highest BCUT2D eigenvalue weighted by molar-refractivity contribution is 7.18. The van der Waals surface area contributed by atoms with Crippen LogP contribution in [0.15, 0.2) is 30.5 Å². The summed E-state index contributed by atoms with van der Waals surface area (Å²) < 4.78 is 5.31. The fourth-order valence-electron chi connectivity index (χ4n) is 2.22. The Morgan fingerprint density at radius 2 is 2.00 bits per heavy atom. The molecule has 1 aromatic carbocycles. The van der Waals surface area contributed by atoms with Gasteiger partial charge in [-0.2, -0.15) is 0 Å². The number of nitro groups is 1. The van der Waals surface area contributed by atoms with Crippen molar-refractivity contribution in [3.05, 3.63) is 46.1 Å². The van der Waals surface area contributed by atoms with Crippen LogP contribution in [-0.2, 0) is 4.74 Å². The Bertz CT molecular complexity index is 710. The Balaban J connectivity index is 1.66. The quantitative estimate of drug-likeness (QED) is 0.679. The first-order valence-electron chi connectivity index (χ1n) is 6.98. The van der Waals surface area contributed by atoms with E-state index >= 15 is 0 Å². The first-order chi connectivity index (χ1) is 11.1. The van der Waals surface area contributed by atoms with Crippen LogP contribution in [0.4, 0.5) is 15.8 Å². The lowest BCUT2D eigenvalue weighted by Crippen LogP contribution is -2.36. The average Bonchev–Trinajstić information content (AvgIpc) is 3.04. The van der Waals surface area contributed by atoms with E-state index in [1.54, 1.807) is 12.1 Å². The van der Waals surface area contributed by atoms with Crippen LogP contribution in [0.3, 0.4) is 0 Å². The van der Waals surface area contributed by atoms with Crippen LogP contribution in [-0.4, -0.2) is 42.1 Å². The number of aromatic nitrogens is 1. The highest BCUT2D eigenvalue weighted by atomic mass is 32.1. The molecule has 0 radical (unpaired) electrons. The van der Waals surface area contributed by atoms with Gasteiger partial charge < -0.3 is 9.64 Å². The van der Waals surface area contributed by atoms with Gasteiger partial charge in [-0.15, -0.1) is 0 Å². The van der Waals surface area contributed by atoms with Crippen molar-refractivity contribution in [3.8, 4) is 0 Å². The molecule has 1 aromatic heterocycles. The van der Waals surface area contributed by atoms with Crippen LogP contribution in [0.1, 0.15) is 10.4 Å². The summed E-state index contributed by atoms with van der Waals surface area (Å²) in [6.07, 6.45) is 1.13. The van der Waals surface area contributed by atoms with Crippen molar-refractivity contribution in [1.82, 2.24) is 4.98 Å². The SMILES string of the molecule is O=C(Nc1ncc([N+](=O)[O-])s1)c1ccc(N2CCOCC2)cc1. The topological polar surface area (TPSA) is 97.6 Å². The number of anilines is 2. The lowest BCUT2D eigenvalue weighted by molar-refractivity contribution is -0.380. The molecule has 1 amide bonds. The minimum Gasteiger partial charge on any atom is -0.378 e. The summed E-state index contributed by atoms with van der Waals surface area (Å²) in [5.74, 6) is -0.345. The molecule has 23 heavy (non-hydrogen) atoms. The summed E-state index contributed by atoms with van der Waals surface area (Å²) in [6, 6.07) is 7.21. The van der Waals surface area contributed by atoms with Crippen LogP contribution in [0.25, 0.3) is 0 Å². The highest BCUT2D eigenvalue weighted by Gasteiger charge is 2.15. The van der Waals surface area contributed by atoms with Gasteiger partial charge in [-0.05, 0) is 35.6 Å². The van der Waals surface area contributed by atoms with Crippen molar-refractivity contribution in [2.45, 2.75) is 0 Å². The molecule has 1 aliphatic rings. The summed E-state index contributed by atoms with van der Waals surface area (Å²) in [5.41, 5.74) is 1.51. The van der Waals surface area contributed by atoms with Crippen LogP contribution >= 0.6 is 11.3 Å². The number of rotatable bonds is 4. The maximum Gasteiger partial charge on any atom is 0.345 e. The Morgan fingerprint density at radius 1 is 1.30 bits per heavy atom. The van der Waals surface area contributed by atoms with Crippen molar-refractivity contribution in [3.63, 3.8) is 0 Å². The number of hydrogen-bond acceptors (Lipinski definition) is 7. The van der Waals surface area contributed by atoms with E-state index in [1.807, 2.05) is 12.1 Å². The number of nitrogens with one attached hydrogen (secondary N) is 1. The third-order valence-corrected chi connectivity index (χ3v) is 4.26. The molecule has 0 aliphatic carbocycles. The van der Waals surface area contributed by atoms with Gasteiger partial charge in [0.15, 0.2) is 5.13 Å². The number of benzene rings is 1. The molecule has 1 aliphatic heterocycles. The lowest BCUT2D eigenvalue weighted by atomic mass is 10.2. The van der Waals surface area contributed by atoms with Crippen molar-refractivity contribution >= 4 is 33.1 Å². The number of amides is 1. The normalized spacial score (nSPS) is 14.5. The van der Waals surface area contributed by atoms with E-state index in [0.29, 0.717) is 18.8 Å².